The third-order valence-electron chi connectivity index (χ3n) is 22.8. The molecule has 8 atom stereocenters. The Labute approximate surface area is 798 Å². The number of carbonyl (C=O) groups excluding carboxylic acids is 10. The molecule has 2 bridgehead atoms. The Balaban J connectivity index is 0.000000717. The minimum atomic E-state index is -3.12. The molecule has 14 rings (SSSR count). The highest BCUT2D eigenvalue weighted by atomic mass is 16.8. The van der Waals surface area contributed by atoms with Gasteiger partial charge in [-0.05, 0) is 189 Å². The van der Waals surface area contributed by atoms with Gasteiger partial charge in [0.2, 0.25) is 41.1 Å². The lowest BCUT2D eigenvalue weighted by Crippen LogP contribution is -2.63. The van der Waals surface area contributed by atoms with Crippen molar-refractivity contribution in [1.82, 2.24) is 4.90 Å². The molecule has 0 amide bonds. The van der Waals surface area contributed by atoms with Crippen molar-refractivity contribution < 1.29 is 233 Å². The third kappa shape index (κ3) is 21.3. The molecule has 2 saturated heterocycles. The van der Waals surface area contributed by atoms with Crippen LogP contribution in [0.4, 0.5) is 0 Å². The first-order valence-corrected chi connectivity index (χ1v) is 41.3. The molecule has 48 nitrogen and oxygen atoms in total. The van der Waals surface area contributed by atoms with Crippen molar-refractivity contribution in [1.29, 1.82) is 0 Å². The summed E-state index contributed by atoms with van der Waals surface area (Å²) >= 11 is 0. The molecule has 0 aromatic heterocycles. The summed E-state index contributed by atoms with van der Waals surface area (Å²) in [4.78, 5) is 145. The van der Waals surface area contributed by atoms with E-state index >= 15 is 14.4 Å². The first-order valence-electron chi connectivity index (χ1n) is 41.3. The number of piperidine rings is 1. The minimum absolute atomic E-state index is 0.207. The second kappa shape index (κ2) is 40.1. The summed E-state index contributed by atoms with van der Waals surface area (Å²) in [6.45, 7) is 9.66. The Bertz CT molecular complexity index is 7000. The molecule has 0 unspecified atom stereocenters. The molecule has 1 aliphatic carbocycles. The Morgan fingerprint density at radius 1 is 0.329 bits per heavy atom. The zero-order chi connectivity index (χ0) is 105. The largest absolute Gasteiger partial charge is 0.508 e. The fourth-order valence-electron chi connectivity index (χ4n) is 15.1. The van der Waals surface area contributed by atoms with E-state index < -0.39 is 325 Å². The van der Waals surface area contributed by atoms with Crippen LogP contribution < -0.4 is 23.7 Å². The first kappa shape index (κ1) is 101. The molecule has 3 aliphatic rings. The summed E-state index contributed by atoms with van der Waals surface area (Å²) in [6.07, 6.45) is -10.4. The summed E-state index contributed by atoms with van der Waals surface area (Å²) in [5, 5.41) is 271. The average Bonchev–Trinajstić information content (AvgIpc) is 0.729. The normalized spacial score (nSPS) is 17.1. The Morgan fingerprint density at radius 2 is 0.587 bits per heavy atom. The van der Waals surface area contributed by atoms with Gasteiger partial charge in [-0.25, -0.2) is 47.9 Å². The van der Waals surface area contributed by atoms with E-state index in [-0.39, 0.29) is 5.41 Å². The van der Waals surface area contributed by atoms with E-state index in [1.807, 2.05) is 12.1 Å². The number of fused-ring (bicyclic) bond motifs is 4. The average molecular weight is 1990 g/mol. The molecular weight excluding hydrogens is 1910 g/mol. The maximum atomic E-state index is 15.3. The van der Waals surface area contributed by atoms with E-state index in [1.165, 1.54) is 23.1 Å². The van der Waals surface area contributed by atoms with Crippen LogP contribution in [-0.2, 0) is 40.3 Å². The highest BCUT2D eigenvalue weighted by molar-refractivity contribution is 6.00. The molecule has 48 heteroatoms. The molecule has 0 saturated carbocycles. The van der Waals surface area contributed by atoms with Gasteiger partial charge >= 0.3 is 59.7 Å². The monoisotopic (exact) mass is 1990 g/mol. The summed E-state index contributed by atoms with van der Waals surface area (Å²) in [5.41, 5.74) is -5.47. The second-order valence-corrected chi connectivity index (χ2v) is 32.5. The molecular formula is C95H79NO47. The van der Waals surface area contributed by atoms with Gasteiger partial charge in [0.1, 0.15) is 18.5 Å². The van der Waals surface area contributed by atoms with Crippen LogP contribution in [0.1, 0.15) is 149 Å². The molecule has 746 valence electrons. The van der Waals surface area contributed by atoms with Gasteiger partial charge in [-0.1, -0.05) is 31.6 Å². The SMILES string of the molecule is CC(C)=CCN1CC[C@@]2(C)c3cc(O)ccc3C[C@@H]1[C@H]2C.O=C(OC[C@H]1O[C@@H](OC(=O)c2cc(O)c(O)c(OC(=O)c3cc(O)c(O)c(O)c3)c2)[C@H](OC(=O)c2cc(O)c(O)c(OC(=O)c3cc(O)c(O)c(O)c3)c2)[C@@H](OC(=O)c2cc(O)c(O)c(OC(=O)c3cc(O)c(O)c(O)c3)c2)[C@@H]1OC(=O)c1cc(O)c(O)c(OC(=O)c2cc(O)c(O)c(O)c2)c1)c1cc(O)c(O)c(OC(=O)c2cc(O)c(O)c(O)c2)c1. The topological polar surface area (TPSA) is 801 Å². The maximum Gasteiger partial charge on any atom is 0.343 e. The predicted molar refractivity (Wildman–Crippen MR) is 471 cm³/mol. The molecule has 0 radical (unpaired) electrons. The van der Waals surface area contributed by atoms with Crippen molar-refractivity contribution in [2.75, 3.05) is 19.7 Å². The van der Waals surface area contributed by atoms with Gasteiger partial charge in [-0.3, -0.25) is 4.90 Å². The van der Waals surface area contributed by atoms with Crippen molar-refractivity contribution in [3.05, 3.63) is 218 Å². The number of ether oxygens (including phenoxy) is 11. The van der Waals surface area contributed by atoms with Gasteiger partial charge in [-0.15, -0.1) is 0 Å². The maximum absolute atomic E-state index is 15.3. The van der Waals surface area contributed by atoms with Crippen LogP contribution in [-0.4, -0.2) is 254 Å². The lowest BCUT2D eigenvalue weighted by Gasteiger charge is -2.54. The standard InChI is InChI=1S/C76H52O46.C19H27NO/c77-32-1-22(2-33(78)53(32)92)67(103)113-47-16-27(11-42(87)58(47)97)66(102)112-21-52-63(119-72(108)28-12-43(88)59(98)48(17-28)114-68(104)23-3-34(79)54(93)35(80)4-23)64(120-73(109)29-13-44(89)60(99)49(18-29)115-69(105)24-5-36(81)55(94)37(82)6-24)65(121-74(110)30-14-45(90)61(100)50(19-30)116-70(106)25-7-38(83)56(95)39(84)8-25)76(118-52)122-75(111)31-15-46(91)62(101)51(20-31)117-71(107)26-9-40(85)57(96)41(86)10-26;1-13(2)7-9-20-10-8-19(4)14(3)18(20)11-15-5-6-16(21)12-17(15)19/h1-20,52,63-65,76-101H,21H2;5-7,12,14,18,21H,8-11H2,1-4H3/t52-,63-,64+,65-,76+;14-,18-,19-/m11/s1. The summed E-state index contributed by atoms with van der Waals surface area (Å²) in [6, 6.07) is 15.2. The molecule has 26 N–H and O–H groups in total. The number of likely N-dealkylation sites (tertiary alicyclic amines) is 1. The quantitative estimate of drug-likeness (QED) is 0.00935. The number of hydrogen-bond donors (Lipinski definition) is 26. The predicted octanol–water partition coefficient (Wildman–Crippen LogP) is 8.72. The molecule has 2 heterocycles. The van der Waals surface area contributed by atoms with E-state index in [0.29, 0.717) is 139 Å². The van der Waals surface area contributed by atoms with Crippen molar-refractivity contribution >= 4 is 59.7 Å². The second-order valence-electron chi connectivity index (χ2n) is 32.5. The van der Waals surface area contributed by atoms with Gasteiger partial charge in [0, 0.05) is 12.6 Å². The number of phenolic OH excluding ortho intramolecular Hbond substituents is 26. The lowest BCUT2D eigenvalue weighted by molar-refractivity contribution is -0.282. The number of phenols is 26. The van der Waals surface area contributed by atoms with Crippen molar-refractivity contribution in [2.24, 2.45) is 5.92 Å². The van der Waals surface area contributed by atoms with Crippen LogP contribution in [0, 0.1) is 5.92 Å². The zero-order valence-electron chi connectivity index (χ0n) is 73.6. The van der Waals surface area contributed by atoms with Gasteiger partial charge < -0.3 is 185 Å². The number of nitrogens with zero attached hydrogens (tertiary/aromatic N) is 1. The van der Waals surface area contributed by atoms with E-state index in [2.05, 4.69) is 44.7 Å². The summed E-state index contributed by atoms with van der Waals surface area (Å²) in [7, 11) is 0. The number of esters is 10. The number of carbonyl (C=O) groups is 10. The van der Waals surface area contributed by atoms with Crippen LogP contribution in [0.3, 0.4) is 0 Å². The van der Waals surface area contributed by atoms with Crippen LogP contribution >= 0.6 is 0 Å². The highest BCUT2D eigenvalue weighted by Gasteiger charge is 2.56. The number of rotatable bonds is 23. The third-order valence-corrected chi connectivity index (χ3v) is 22.8. The Hall–Kier alpha value is -19.4. The summed E-state index contributed by atoms with van der Waals surface area (Å²) < 4.78 is 60.4. The molecule has 11 aromatic rings. The van der Waals surface area contributed by atoms with Crippen LogP contribution in [0.15, 0.2) is 151 Å². The molecule has 143 heavy (non-hydrogen) atoms. The fraction of sp³-hybridized carbons (Fsp3) is 0.179. The van der Waals surface area contributed by atoms with Crippen molar-refractivity contribution in [3.63, 3.8) is 0 Å². The number of hydrogen-bond acceptors (Lipinski definition) is 48. The van der Waals surface area contributed by atoms with E-state index in [0.717, 1.165) is 19.5 Å². The number of aromatic hydroxyl groups is 26. The van der Waals surface area contributed by atoms with Gasteiger partial charge in [0.25, 0.3) is 0 Å². The van der Waals surface area contributed by atoms with E-state index in [4.69, 9.17) is 52.1 Å². The van der Waals surface area contributed by atoms with E-state index in [9.17, 15) is 166 Å². The molecule has 0 spiro atoms. The van der Waals surface area contributed by atoms with Gasteiger partial charge in [-0.2, -0.15) is 0 Å². The molecule has 2 aliphatic heterocycles. The Kier molecular flexibility index (Phi) is 28.3. The van der Waals surface area contributed by atoms with Gasteiger partial charge in [0.15, 0.2) is 156 Å². The zero-order valence-corrected chi connectivity index (χ0v) is 73.6. The van der Waals surface area contributed by atoms with E-state index in [1.54, 1.807) is 0 Å². The number of allylic oxidation sites excluding steroid dienone is 1. The van der Waals surface area contributed by atoms with Crippen LogP contribution in [0.2, 0.25) is 0 Å². The van der Waals surface area contributed by atoms with Crippen LogP contribution in [0.5, 0.6) is 178 Å². The molecule has 11 aromatic carbocycles. The summed E-state index contributed by atoms with van der Waals surface area (Å²) in [5.74, 6) is -54.9. The highest BCUT2D eigenvalue weighted by Crippen LogP contribution is 2.52. The first-order chi connectivity index (χ1) is 67.3. The molecule has 2 fully saturated rings. The Morgan fingerprint density at radius 3 is 0.881 bits per heavy atom. The minimum Gasteiger partial charge on any atom is -0.508 e. The fourth-order valence-corrected chi connectivity index (χ4v) is 15.1. The van der Waals surface area contributed by atoms with Crippen LogP contribution in [0.25, 0.3) is 0 Å². The van der Waals surface area contributed by atoms with Gasteiger partial charge in [0.05, 0.1) is 55.6 Å². The number of benzene rings is 11. The smallest absolute Gasteiger partial charge is 0.343 e. The van der Waals surface area contributed by atoms with Crippen molar-refractivity contribution in [2.45, 2.75) is 82.7 Å². The van der Waals surface area contributed by atoms with Crippen molar-refractivity contribution in [3.8, 4) is 178 Å². The lowest BCUT2D eigenvalue weighted by atomic mass is 9.59.